The van der Waals surface area contributed by atoms with Gasteiger partial charge in [-0.05, 0) is 24.5 Å². The Morgan fingerprint density at radius 2 is 1.94 bits per heavy atom. The SMILES string of the molecule is CSc1ccc(S(=O)(=O)N(C)C)cc1NC(C)=O. The van der Waals surface area contributed by atoms with E-state index in [-0.39, 0.29) is 10.8 Å². The van der Waals surface area contributed by atoms with E-state index in [2.05, 4.69) is 5.32 Å². The molecule has 0 unspecified atom stereocenters. The first kappa shape index (κ1) is 15.0. The summed E-state index contributed by atoms with van der Waals surface area (Å²) in [6.45, 7) is 1.39. The summed E-state index contributed by atoms with van der Waals surface area (Å²) in [6, 6.07) is 4.70. The Kier molecular flexibility index (Phi) is 4.78. The average molecular weight is 288 g/mol. The van der Waals surface area contributed by atoms with E-state index in [0.29, 0.717) is 5.69 Å². The molecule has 0 atom stereocenters. The summed E-state index contributed by atoms with van der Waals surface area (Å²) < 4.78 is 25.1. The van der Waals surface area contributed by atoms with Crippen molar-refractivity contribution < 1.29 is 13.2 Å². The van der Waals surface area contributed by atoms with Gasteiger partial charge in [-0.2, -0.15) is 0 Å². The first-order chi connectivity index (χ1) is 8.28. The average Bonchev–Trinajstić information content (AvgIpc) is 2.27. The monoisotopic (exact) mass is 288 g/mol. The molecule has 0 spiro atoms. The Balaban J connectivity index is 3.31. The number of nitrogens with zero attached hydrogens (tertiary/aromatic N) is 1. The number of carbonyl (C=O) groups is 1. The van der Waals surface area contributed by atoms with Crippen LogP contribution in [0.15, 0.2) is 28.0 Å². The number of carbonyl (C=O) groups excluding carboxylic acids is 1. The third kappa shape index (κ3) is 3.24. The maximum atomic E-state index is 12.0. The van der Waals surface area contributed by atoms with Crippen LogP contribution < -0.4 is 5.32 Å². The van der Waals surface area contributed by atoms with Gasteiger partial charge in [0, 0.05) is 25.9 Å². The van der Waals surface area contributed by atoms with Crippen LogP contribution in [0.3, 0.4) is 0 Å². The van der Waals surface area contributed by atoms with Gasteiger partial charge in [-0.3, -0.25) is 4.79 Å². The number of amides is 1. The summed E-state index contributed by atoms with van der Waals surface area (Å²) in [6.07, 6.45) is 1.86. The maximum absolute atomic E-state index is 12.0. The molecule has 1 aromatic rings. The van der Waals surface area contributed by atoms with Crippen LogP contribution in [0.1, 0.15) is 6.92 Å². The van der Waals surface area contributed by atoms with Crippen molar-refractivity contribution in [2.45, 2.75) is 16.7 Å². The maximum Gasteiger partial charge on any atom is 0.242 e. The normalized spacial score (nSPS) is 11.6. The van der Waals surface area contributed by atoms with Gasteiger partial charge in [-0.15, -0.1) is 11.8 Å². The summed E-state index contributed by atoms with van der Waals surface area (Å²) in [5.74, 6) is -0.232. The molecular weight excluding hydrogens is 272 g/mol. The van der Waals surface area contributed by atoms with Gasteiger partial charge in [0.15, 0.2) is 0 Å². The molecule has 0 heterocycles. The molecule has 0 aliphatic carbocycles. The third-order valence-corrected chi connectivity index (χ3v) is 4.87. The number of anilines is 1. The highest BCUT2D eigenvalue weighted by atomic mass is 32.2. The number of hydrogen-bond donors (Lipinski definition) is 1. The zero-order valence-electron chi connectivity index (χ0n) is 10.7. The van der Waals surface area contributed by atoms with E-state index in [9.17, 15) is 13.2 Å². The minimum absolute atomic E-state index is 0.161. The topological polar surface area (TPSA) is 66.5 Å². The molecule has 5 nitrogen and oxygen atoms in total. The van der Waals surface area contributed by atoms with E-state index in [1.165, 1.54) is 44.9 Å². The van der Waals surface area contributed by atoms with E-state index in [1.54, 1.807) is 6.07 Å². The van der Waals surface area contributed by atoms with Crippen LogP contribution in [0, 0.1) is 0 Å². The number of thioether (sulfide) groups is 1. The largest absolute Gasteiger partial charge is 0.325 e. The second-order valence-corrected chi connectivity index (χ2v) is 6.83. The van der Waals surface area contributed by atoms with E-state index in [1.807, 2.05) is 6.26 Å². The molecular formula is C11H16N2O3S2. The number of benzene rings is 1. The molecule has 0 fully saturated rings. The minimum Gasteiger partial charge on any atom is -0.325 e. The molecule has 18 heavy (non-hydrogen) atoms. The van der Waals surface area contributed by atoms with Gasteiger partial charge in [-0.25, -0.2) is 12.7 Å². The fourth-order valence-corrected chi connectivity index (χ4v) is 2.81. The molecule has 0 aliphatic rings. The fraction of sp³-hybridized carbons (Fsp3) is 0.364. The van der Waals surface area contributed by atoms with Crippen LogP contribution in [0.25, 0.3) is 0 Å². The molecule has 1 rings (SSSR count). The van der Waals surface area contributed by atoms with Crippen molar-refractivity contribution in [2.24, 2.45) is 0 Å². The van der Waals surface area contributed by atoms with Crippen LogP contribution in [0.5, 0.6) is 0 Å². The lowest BCUT2D eigenvalue weighted by atomic mass is 10.3. The smallest absolute Gasteiger partial charge is 0.242 e. The zero-order valence-corrected chi connectivity index (χ0v) is 12.4. The molecule has 0 saturated carbocycles. The highest BCUT2D eigenvalue weighted by Gasteiger charge is 2.18. The lowest BCUT2D eigenvalue weighted by Crippen LogP contribution is -2.22. The van der Waals surface area contributed by atoms with Crippen LogP contribution in [-0.2, 0) is 14.8 Å². The van der Waals surface area contributed by atoms with Gasteiger partial charge < -0.3 is 5.32 Å². The molecule has 0 saturated heterocycles. The van der Waals surface area contributed by atoms with Crippen LogP contribution >= 0.6 is 11.8 Å². The Morgan fingerprint density at radius 1 is 1.33 bits per heavy atom. The van der Waals surface area contributed by atoms with Crippen molar-refractivity contribution in [2.75, 3.05) is 25.7 Å². The fourth-order valence-electron chi connectivity index (χ4n) is 1.35. The van der Waals surface area contributed by atoms with E-state index < -0.39 is 10.0 Å². The lowest BCUT2D eigenvalue weighted by Gasteiger charge is -2.14. The van der Waals surface area contributed by atoms with E-state index in [4.69, 9.17) is 0 Å². The van der Waals surface area contributed by atoms with Crippen LogP contribution in [0.4, 0.5) is 5.69 Å². The van der Waals surface area contributed by atoms with Gasteiger partial charge in [0.05, 0.1) is 10.6 Å². The molecule has 0 aromatic heterocycles. The number of rotatable bonds is 4. The molecule has 100 valence electrons. The molecule has 0 radical (unpaired) electrons. The van der Waals surface area contributed by atoms with Crippen molar-refractivity contribution in [3.05, 3.63) is 18.2 Å². The lowest BCUT2D eigenvalue weighted by molar-refractivity contribution is -0.114. The highest BCUT2D eigenvalue weighted by Crippen LogP contribution is 2.28. The Morgan fingerprint density at radius 3 is 2.39 bits per heavy atom. The first-order valence-corrected chi connectivity index (χ1v) is 7.83. The quantitative estimate of drug-likeness (QED) is 0.855. The Bertz CT molecular complexity index is 553. The van der Waals surface area contributed by atoms with Crippen molar-refractivity contribution in [3.8, 4) is 0 Å². The Labute approximate surface area is 112 Å². The second-order valence-electron chi connectivity index (χ2n) is 3.83. The standard InChI is InChI=1S/C11H16N2O3S2/c1-8(14)12-10-7-9(5-6-11(10)17-4)18(15,16)13(2)3/h5-7H,1-4H3,(H,12,14). The van der Waals surface area contributed by atoms with Gasteiger partial charge in [-0.1, -0.05) is 0 Å². The second kappa shape index (κ2) is 5.73. The summed E-state index contributed by atoms with van der Waals surface area (Å²) in [4.78, 5) is 12.1. The number of nitrogens with one attached hydrogen (secondary N) is 1. The first-order valence-electron chi connectivity index (χ1n) is 5.17. The van der Waals surface area contributed by atoms with Crippen molar-refractivity contribution in [3.63, 3.8) is 0 Å². The number of sulfonamides is 1. The van der Waals surface area contributed by atoms with E-state index >= 15 is 0 Å². The molecule has 7 heteroatoms. The van der Waals surface area contributed by atoms with Crippen molar-refractivity contribution >= 4 is 33.4 Å². The van der Waals surface area contributed by atoms with Gasteiger partial charge in [0.25, 0.3) is 0 Å². The minimum atomic E-state index is -3.49. The molecule has 1 aromatic carbocycles. The van der Waals surface area contributed by atoms with Crippen molar-refractivity contribution in [1.29, 1.82) is 0 Å². The van der Waals surface area contributed by atoms with Gasteiger partial charge >= 0.3 is 0 Å². The third-order valence-electron chi connectivity index (χ3n) is 2.26. The molecule has 1 N–H and O–H groups in total. The molecule has 0 bridgehead atoms. The van der Waals surface area contributed by atoms with E-state index in [0.717, 1.165) is 9.20 Å². The predicted molar refractivity (Wildman–Crippen MR) is 73.4 cm³/mol. The van der Waals surface area contributed by atoms with Gasteiger partial charge in [0.1, 0.15) is 0 Å². The summed E-state index contributed by atoms with van der Waals surface area (Å²) in [5.41, 5.74) is 0.512. The summed E-state index contributed by atoms with van der Waals surface area (Å²) in [5, 5.41) is 2.63. The van der Waals surface area contributed by atoms with Crippen LogP contribution in [0.2, 0.25) is 0 Å². The summed E-state index contributed by atoms with van der Waals surface area (Å²) >= 11 is 1.44. The predicted octanol–water partition coefficient (Wildman–Crippen LogP) is 1.62. The molecule has 0 aliphatic heterocycles. The van der Waals surface area contributed by atoms with Crippen molar-refractivity contribution in [1.82, 2.24) is 4.31 Å². The number of hydrogen-bond acceptors (Lipinski definition) is 4. The van der Waals surface area contributed by atoms with Crippen LogP contribution in [-0.4, -0.2) is 39.0 Å². The Hall–Kier alpha value is -1.05. The summed E-state index contributed by atoms with van der Waals surface area (Å²) in [7, 11) is -0.551. The highest BCUT2D eigenvalue weighted by molar-refractivity contribution is 7.98. The van der Waals surface area contributed by atoms with Gasteiger partial charge in [0.2, 0.25) is 15.9 Å². The molecule has 1 amide bonds. The zero-order chi connectivity index (χ0) is 13.9.